The molecular formula is C13H23IN4. The van der Waals surface area contributed by atoms with Crippen LogP contribution in [-0.4, -0.2) is 30.5 Å². The molecule has 0 aliphatic heterocycles. The summed E-state index contributed by atoms with van der Waals surface area (Å²) >= 11 is 0. The van der Waals surface area contributed by atoms with Crippen LogP contribution in [0, 0.1) is 0 Å². The molecule has 0 amide bonds. The van der Waals surface area contributed by atoms with Crippen LogP contribution in [0.3, 0.4) is 0 Å². The highest BCUT2D eigenvalue weighted by Crippen LogP contribution is 2.20. The van der Waals surface area contributed by atoms with E-state index in [-0.39, 0.29) is 36.0 Å². The van der Waals surface area contributed by atoms with Gasteiger partial charge in [-0.05, 0) is 18.7 Å². The number of likely N-dealkylation sites (N-methyl/N-ethyl adjacent to an activating group) is 1. The lowest BCUT2D eigenvalue weighted by Crippen LogP contribution is -2.32. The largest absolute Gasteiger partial charge is 0.370 e. The molecule has 0 saturated carbocycles. The van der Waals surface area contributed by atoms with Gasteiger partial charge in [-0.1, -0.05) is 44.2 Å². The maximum absolute atomic E-state index is 5.41. The lowest BCUT2D eigenvalue weighted by molar-refractivity contribution is 0.224. The van der Waals surface area contributed by atoms with Crippen LogP contribution < -0.4 is 11.5 Å². The molecule has 0 aliphatic carbocycles. The quantitative estimate of drug-likeness (QED) is 0.462. The average molecular weight is 362 g/mol. The molecule has 4 N–H and O–H groups in total. The molecule has 1 atom stereocenters. The van der Waals surface area contributed by atoms with Crippen LogP contribution in [-0.2, 0) is 0 Å². The van der Waals surface area contributed by atoms with Crippen molar-refractivity contribution in [1.29, 1.82) is 0 Å². The Morgan fingerprint density at radius 3 is 2.17 bits per heavy atom. The molecule has 0 radical (unpaired) electrons. The molecule has 1 aromatic carbocycles. The fraction of sp³-hybridized carbons (Fsp3) is 0.462. The van der Waals surface area contributed by atoms with Crippen LogP contribution in [0.15, 0.2) is 35.3 Å². The summed E-state index contributed by atoms with van der Waals surface area (Å²) in [6, 6.07) is 10.6. The van der Waals surface area contributed by atoms with Crippen molar-refractivity contribution in [2.45, 2.75) is 19.9 Å². The smallest absolute Gasteiger partial charge is 0.185 e. The van der Waals surface area contributed by atoms with Crippen LogP contribution in [0.1, 0.15) is 25.5 Å². The van der Waals surface area contributed by atoms with Crippen molar-refractivity contribution >= 4 is 29.9 Å². The molecule has 0 aliphatic rings. The second-order valence-corrected chi connectivity index (χ2v) is 3.91. The Bertz CT molecular complexity index is 345. The zero-order valence-corrected chi connectivity index (χ0v) is 13.4. The molecule has 0 heterocycles. The van der Waals surface area contributed by atoms with Crippen molar-refractivity contribution in [2.75, 3.05) is 19.6 Å². The van der Waals surface area contributed by atoms with E-state index in [1.54, 1.807) is 0 Å². The number of hydrogen-bond donors (Lipinski definition) is 2. The Morgan fingerprint density at radius 1 is 1.17 bits per heavy atom. The Hall–Kier alpha value is -0.820. The van der Waals surface area contributed by atoms with Crippen molar-refractivity contribution in [3.05, 3.63) is 35.9 Å². The second kappa shape index (κ2) is 9.16. The zero-order valence-electron chi connectivity index (χ0n) is 11.0. The van der Waals surface area contributed by atoms with E-state index < -0.39 is 0 Å². The molecule has 0 spiro atoms. The Kier molecular flexibility index (Phi) is 8.74. The maximum Gasteiger partial charge on any atom is 0.185 e. The van der Waals surface area contributed by atoms with E-state index in [1.807, 2.05) is 18.2 Å². The van der Waals surface area contributed by atoms with Gasteiger partial charge in [0, 0.05) is 0 Å². The summed E-state index contributed by atoms with van der Waals surface area (Å²) in [7, 11) is 0. The van der Waals surface area contributed by atoms with Crippen molar-refractivity contribution < 1.29 is 0 Å². The van der Waals surface area contributed by atoms with Crippen LogP contribution in [0.5, 0.6) is 0 Å². The molecular weight excluding hydrogens is 339 g/mol. The SMILES string of the molecule is CCN(CC)C(CN=C(N)N)c1ccccc1.I. The number of rotatable bonds is 6. The minimum Gasteiger partial charge on any atom is -0.370 e. The molecule has 0 bridgehead atoms. The standard InChI is InChI=1S/C13H22N4.HI/c1-3-17(4-2)12(10-16-13(14)15)11-8-6-5-7-9-11;/h5-9,12H,3-4,10H2,1-2H3,(H4,14,15,16);1H. The minimum atomic E-state index is 0. The number of guanidine groups is 1. The van der Waals surface area contributed by atoms with Crippen molar-refractivity contribution in [3.63, 3.8) is 0 Å². The number of halogens is 1. The highest BCUT2D eigenvalue weighted by Gasteiger charge is 2.16. The van der Waals surface area contributed by atoms with Crippen LogP contribution in [0.4, 0.5) is 0 Å². The highest BCUT2D eigenvalue weighted by molar-refractivity contribution is 14.0. The molecule has 1 aromatic rings. The van der Waals surface area contributed by atoms with Crippen molar-refractivity contribution in [2.24, 2.45) is 16.5 Å². The predicted molar refractivity (Wildman–Crippen MR) is 88.2 cm³/mol. The topological polar surface area (TPSA) is 67.6 Å². The lowest BCUT2D eigenvalue weighted by Gasteiger charge is -2.28. The third kappa shape index (κ3) is 5.22. The van der Waals surface area contributed by atoms with Gasteiger partial charge in [-0.25, -0.2) is 0 Å². The Morgan fingerprint density at radius 2 is 1.72 bits per heavy atom. The fourth-order valence-electron chi connectivity index (χ4n) is 1.96. The molecule has 1 unspecified atom stereocenters. The van der Waals surface area contributed by atoms with Gasteiger partial charge < -0.3 is 11.5 Å². The summed E-state index contributed by atoms with van der Waals surface area (Å²) in [6.07, 6.45) is 0. The maximum atomic E-state index is 5.41. The minimum absolute atomic E-state index is 0. The number of nitrogens with two attached hydrogens (primary N) is 2. The zero-order chi connectivity index (χ0) is 12.7. The van der Waals surface area contributed by atoms with Gasteiger partial charge in [0.25, 0.3) is 0 Å². The molecule has 1 rings (SSSR count). The average Bonchev–Trinajstić information content (AvgIpc) is 2.35. The van der Waals surface area contributed by atoms with Gasteiger partial charge in [0.1, 0.15) is 0 Å². The van der Waals surface area contributed by atoms with E-state index in [2.05, 4.69) is 35.9 Å². The van der Waals surface area contributed by atoms with Gasteiger partial charge >= 0.3 is 0 Å². The van der Waals surface area contributed by atoms with E-state index in [4.69, 9.17) is 11.5 Å². The lowest BCUT2D eigenvalue weighted by atomic mass is 10.1. The Labute approximate surface area is 126 Å². The van der Waals surface area contributed by atoms with E-state index in [0.29, 0.717) is 6.54 Å². The molecule has 102 valence electrons. The monoisotopic (exact) mass is 362 g/mol. The molecule has 5 heteroatoms. The van der Waals surface area contributed by atoms with Crippen LogP contribution >= 0.6 is 24.0 Å². The van der Waals surface area contributed by atoms with E-state index in [9.17, 15) is 0 Å². The first-order valence-corrected chi connectivity index (χ1v) is 6.03. The number of aliphatic imine (C=N–C) groups is 1. The fourth-order valence-corrected chi connectivity index (χ4v) is 1.96. The predicted octanol–water partition coefficient (Wildman–Crippen LogP) is 1.96. The van der Waals surface area contributed by atoms with Gasteiger partial charge in [0.05, 0.1) is 12.6 Å². The molecule has 0 saturated heterocycles. The van der Waals surface area contributed by atoms with E-state index in [1.165, 1.54) is 5.56 Å². The van der Waals surface area contributed by atoms with Gasteiger partial charge in [0.15, 0.2) is 5.96 Å². The summed E-state index contributed by atoms with van der Waals surface area (Å²) in [5, 5.41) is 0. The summed E-state index contributed by atoms with van der Waals surface area (Å²) in [6.45, 7) is 6.87. The summed E-state index contributed by atoms with van der Waals surface area (Å²) < 4.78 is 0. The van der Waals surface area contributed by atoms with Crippen molar-refractivity contribution in [3.8, 4) is 0 Å². The number of nitrogens with zero attached hydrogens (tertiary/aromatic N) is 2. The van der Waals surface area contributed by atoms with E-state index in [0.717, 1.165) is 13.1 Å². The third-order valence-electron chi connectivity index (χ3n) is 2.88. The van der Waals surface area contributed by atoms with Crippen LogP contribution in [0.2, 0.25) is 0 Å². The van der Waals surface area contributed by atoms with E-state index >= 15 is 0 Å². The van der Waals surface area contributed by atoms with Gasteiger partial charge in [-0.3, -0.25) is 9.89 Å². The van der Waals surface area contributed by atoms with Crippen molar-refractivity contribution in [1.82, 2.24) is 4.90 Å². The van der Waals surface area contributed by atoms with Gasteiger partial charge in [-0.2, -0.15) is 0 Å². The summed E-state index contributed by atoms with van der Waals surface area (Å²) in [5.74, 6) is 0.151. The van der Waals surface area contributed by atoms with Gasteiger partial charge in [0.2, 0.25) is 0 Å². The number of hydrogen-bond acceptors (Lipinski definition) is 2. The third-order valence-corrected chi connectivity index (χ3v) is 2.88. The molecule has 4 nitrogen and oxygen atoms in total. The van der Waals surface area contributed by atoms with Gasteiger partial charge in [-0.15, -0.1) is 24.0 Å². The first-order chi connectivity index (χ1) is 8.19. The first-order valence-electron chi connectivity index (χ1n) is 6.03. The molecule has 0 aromatic heterocycles. The highest BCUT2D eigenvalue weighted by atomic mass is 127. The number of benzene rings is 1. The normalized spacial score (nSPS) is 11.7. The molecule has 18 heavy (non-hydrogen) atoms. The van der Waals surface area contributed by atoms with Crippen LogP contribution in [0.25, 0.3) is 0 Å². The second-order valence-electron chi connectivity index (χ2n) is 3.91. The Balaban J connectivity index is 0.00000289. The molecule has 0 fully saturated rings. The summed E-state index contributed by atoms with van der Waals surface area (Å²) in [5.41, 5.74) is 12.1. The first kappa shape index (κ1) is 17.2. The summed E-state index contributed by atoms with van der Waals surface area (Å²) in [4.78, 5) is 6.50.